The summed E-state index contributed by atoms with van der Waals surface area (Å²) in [6.45, 7) is 0. The average molecular weight is 257 g/mol. The topological polar surface area (TPSA) is 68.0 Å². The molecule has 3 rings (SSSR count). The van der Waals surface area contributed by atoms with Crippen molar-refractivity contribution in [3.8, 4) is 11.3 Å². The molecular formula is C14H15N3O2. The third-order valence-electron chi connectivity index (χ3n) is 3.60. The van der Waals surface area contributed by atoms with E-state index < -0.39 is 5.97 Å². The molecule has 0 spiro atoms. The lowest BCUT2D eigenvalue weighted by Gasteiger charge is -2.08. The fourth-order valence-electron chi connectivity index (χ4n) is 2.62. The van der Waals surface area contributed by atoms with Gasteiger partial charge in [-0.25, -0.2) is 4.79 Å². The predicted molar refractivity (Wildman–Crippen MR) is 69.9 cm³/mol. The standard InChI is InChI=1S/C14H15N3O2/c18-14(19)12-9-17(11-5-1-2-6-11)16-13(12)10-4-3-7-15-8-10/h3-4,7-9,11H,1-2,5-6H2,(H,18,19). The van der Waals surface area contributed by atoms with Gasteiger partial charge in [-0.3, -0.25) is 9.67 Å². The zero-order chi connectivity index (χ0) is 13.2. The smallest absolute Gasteiger partial charge is 0.339 e. The summed E-state index contributed by atoms with van der Waals surface area (Å²) in [6.07, 6.45) is 9.50. The van der Waals surface area contributed by atoms with Crippen LogP contribution in [0.15, 0.2) is 30.7 Å². The Hall–Kier alpha value is -2.17. The third kappa shape index (κ3) is 2.23. The van der Waals surface area contributed by atoms with Crippen molar-refractivity contribution in [2.45, 2.75) is 31.7 Å². The number of carbonyl (C=O) groups is 1. The fraction of sp³-hybridized carbons (Fsp3) is 0.357. The molecule has 1 fully saturated rings. The second kappa shape index (κ2) is 4.84. The summed E-state index contributed by atoms with van der Waals surface area (Å²) in [7, 11) is 0. The van der Waals surface area contributed by atoms with Gasteiger partial charge < -0.3 is 5.11 Å². The number of nitrogens with zero attached hydrogens (tertiary/aromatic N) is 3. The summed E-state index contributed by atoms with van der Waals surface area (Å²) in [5.74, 6) is -0.942. The highest BCUT2D eigenvalue weighted by atomic mass is 16.4. The molecule has 1 aliphatic carbocycles. The van der Waals surface area contributed by atoms with Crippen LogP contribution >= 0.6 is 0 Å². The molecule has 0 bridgehead atoms. The van der Waals surface area contributed by atoms with Gasteiger partial charge >= 0.3 is 5.97 Å². The molecule has 2 heterocycles. The lowest BCUT2D eigenvalue weighted by Crippen LogP contribution is -2.05. The summed E-state index contributed by atoms with van der Waals surface area (Å²) in [5, 5.41) is 13.8. The van der Waals surface area contributed by atoms with Crippen LogP contribution in [-0.2, 0) is 0 Å². The lowest BCUT2D eigenvalue weighted by atomic mass is 10.1. The second-order valence-corrected chi connectivity index (χ2v) is 4.86. The number of pyridine rings is 1. The first kappa shape index (κ1) is 11.9. The number of carboxylic acids is 1. The molecule has 0 unspecified atom stereocenters. The second-order valence-electron chi connectivity index (χ2n) is 4.86. The van der Waals surface area contributed by atoms with E-state index in [1.807, 2.05) is 10.7 Å². The Morgan fingerprint density at radius 1 is 1.37 bits per heavy atom. The molecule has 2 aromatic rings. The number of hydrogen-bond donors (Lipinski definition) is 1. The maximum atomic E-state index is 11.3. The van der Waals surface area contributed by atoms with E-state index in [0.29, 0.717) is 11.7 Å². The van der Waals surface area contributed by atoms with Crippen molar-refractivity contribution in [3.05, 3.63) is 36.3 Å². The van der Waals surface area contributed by atoms with Gasteiger partial charge in [-0.2, -0.15) is 5.10 Å². The molecule has 1 saturated carbocycles. The van der Waals surface area contributed by atoms with Crippen LogP contribution in [0.2, 0.25) is 0 Å². The molecule has 0 saturated heterocycles. The van der Waals surface area contributed by atoms with Gasteiger partial charge in [0.25, 0.3) is 0 Å². The fourth-order valence-corrected chi connectivity index (χ4v) is 2.62. The van der Waals surface area contributed by atoms with Crippen molar-refractivity contribution in [2.24, 2.45) is 0 Å². The molecule has 1 N–H and O–H groups in total. The first-order valence-electron chi connectivity index (χ1n) is 6.48. The highest BCUT2D eigenvalue weighted by Gasteiger charge is 2.23. The lowest BCUT2D eigenvalue weighted by molar-refractivity contribution is 0.0697. The molecule has 0 aliphatic heterocycles. The molecular weight excluding hydrogens is 242 g/mol. The van der Waals surface area contributed by atoms with Crippen molar-refractivity contribution in [2.75, 3.05) is 0 Å². The summed E-state index contributed by atoms with van der Waals surface area (Å²) in [6, 6.07) is 3.96. The van der Waals surface area contributed by atoms with Crippen LogP contribution in [0.3, 0.4) is 0 Å². The largest absolute Gasteiger partial charge is 0.478 e. The number of carboxylic acid groups (broad SMARTS) is 1. The minimum atomic E-state index is -0.942. The zero-order valence-corrected chi connectivity index (χ0v) is 10.5. The number of hydrogen-bond acceptors (Lipinski definition) is 3. The molecule has 0 amide bonds. The van der Waals surface area contributed by atoms with Gasteiger partial charge in [0.2, 0.25) is 0 Å². The maximum absolute atomic E-state index is 11.3. The third-order valence-corrected chi connectivity index (χ3v) is 3.60. The van der Waals surface area contributed by atoms with E-state index in [1.165, 1.54) is 12.8 Å². The first-order valence-corrected chi connectivity index (χ1v) is 6.48. The summed E-state index contributed by atoms with van der Waals surface area (Å²) < 4.78 is 1.82. The van der Waals surface area contributed by atoms with E-state index in [2.05, 4.69) is 10.1 Å². The van der Waals surface area contributed by atoms with Crippen LogP contribution in [0.25, 0.3) is 11.3 Å². The van der Waals surface area contributed by atoms with Crippen LogP contribution in [0.5, 0.6) is 0 Å². The zero-order valence-electron chi connectivity index (χ0n) is 10.5. The summed E-state index contributed by atoms with van der Waals surface area (Å²) in [4.78, 5) is 15.4. The molecule has 1 aliphatic rings. The van der Waals surface area contributed by atoms with Crippen LogP contribution < -0.4 is 0 Å². The van der Waals surface area contributed by atoms with Crippen molar-refractivity contribution in [3.63, 3.8) is 0 Å². The van der Waals surface area contributed by atoms with Crippen molar-refractivity contribution in [1.82, 2.24) is 14.8 Å². The Kier molecular flexibility index (Phi) is 3.03. The van der Waals surface area contributed by atoms with Gasteiger partial charge in [0.15, 0.2) is 0 Å². The van der Waals surface area contributed by atoms with Gasteiger partial charge in [-0.05, 0) is 25.0 Å². The highest BCUT2D eigenvalue weighted by molar-refractivity contribution is 5.94. The van der Waals surface area contributed by atoms with Crippen LogP contribution in [0.4, 0.5) is 0 Å². The Morgan fingerprint density at radius 2 is 2.16 bits per heavy atom. The Balaban J connectivity index is 2.05. The van der Waals surface area contributed by atoms with E-state index in [9.17, 15) is 9.90 Å². The molecule has 98 valence electrons. The predicted octanol–water partition coefficient (Wildman–Crippen LogP) is 2.76. The maximum Gasteiger partial charge on any atom is 0.339 e. The van der Waals surface area contributed by atoms with E-state index >= 15 is 0 Å². The Bertz CT molecular complexity index is 586. The van der Waals surface area contributed by atoms with Gasteiger partial charge in [-0.1, -0.05) is 12.8 Å². The van der Waals surface area contributed by atoms with E-state index in [1.54, 1.807) is 24.7 Å². The van der Waals surface area contributed by atoms with Gasteiger partial charge in [0.1, 0.15) is 11.3 Å². The Labute approximate surface area is 110 Å². The number of aromatic carboxylic acids is 1. The normalized spacial score (nSPS) is 15.8. The average Bonchev–Trinajstić information content (AvgIpc) is 3.08. The van der Waals surface area contributed by atoms with Crippen molar-refractivity contribution < 1.29 is 9.90 Å². The SMILES string of the molecule is O=C(O)c1cn(C2CCCC2)nc1-c1cccnc1. The molecule has 5 nitrogen and oxygen atoms in total. The molecule has 0 radical (unpaired) electrons. The van der Waals surface area contributed by atoms with E-state index in [-0.39, 0.29) is 5.56 Å². The van der Waals surface area contributed by atoms with Crippen LogP contribution in [0.1, 0.15) is 42.1 Å². The van der Waals surface area contributed by atoms with Crippen molar-refractivity contribution >= 4 is 5.97 Å². The van der Waals surface area contributed by atoms with E-state index in [0.717, 1.165) is 18.4 Å². The highest BCUT2D eigenvalue weighted by Crippen LogP contribution is 2.31. The summed E-state index contributed by atoms with van der Waals surface area (Å²) >= 11 is 0. The van der Waals surface area contributed by atoms with Gasteiger partial charge in [0, 0.05) is 24.2 Å². The molecule has 0 atom stereocenters. The molecule has 0 aromatic carbocycles. The molecule has 2 aromatic heterocycles. The van der Waals surface area contributed by atoms with Crippen LogP contribution in [0, 0.1) is 0 Å². The van der Waals surface area contributed by atoms with Crippen LogP contribution in [-0.4, -0.2) is 25.8 Å². The minimum Gasteiger partial charge on any atom is -0.478 e. The Morgan fingerprint density at radius 3 is 2.79 bits per heavy atom. The van der Waals surface area contributed by atoms with Gasteiger partial charge in [-0.15, -0.1) is 0 Å². The number of aromatic nitrogens is 3. The van der Waals surface area contributed by atoms with Crippen molar-refractivity contribution in [1.29, 1.82) is 0 Å². The molecule has 19 heavy (non-hydrogen) atoms. The minimum absolute atomic E-state index is 0.250. The monoisotopic (exact) mass is 257 g/mol. The van der Waals surface area contributed by atoms with Gasteiger partial charge in [0.05, 0.1) is 6.04 Å². The number of rotatable bonds is 3. The quantitative estimate of drug-likeness (QED) is 0.918. The van der Waals surface area contributed by atoms with E-state index in [4.69, 9.17) is 0 Å². The molecule has 5 heteroatoms. The first-order chi connectivity index (χ1) is 9.25. The summed E-state index contributed by atoms with van der Waals surface area (Å²) in [5.41, 5.74) is 1.50.